The predicted octanol–water partition coefficient (Wildman–Crippen LogP) is 1.65. The Balaban J connectivity index is 3.00. The molecule has 0 unspecified atom stereocenters. The molecule has 0 amide bonds. The van der Waals surface area contributed by atoms with Crippen LogP contribution in [0.15, 0.2) is 24.3 Å². The topological polar surface area (TPSA) is 60.2 Å². The van der Waals surface area contributed by atoms with Crippen molar-refractivity contribution in [2.45, 2.75) is 24.6 Å². The fraction of sp³-hybridized carbons (Fsp3) is 0.455. The highest BCUT2D eigenvalue weighted by atomic mass is 32.2. The van der Waals surface area contributed by atoms with Crippen LogP contribution in [0.3, 0.4) is 0 Å². The van der Waals surface area contributed by atoms with Crippen molar-refractivity contribution in [3.05, 3.63) is 35.6 Å². The van der Waals surface area contributed by atoms with Gasteiger partial charge in [-0.3, -0.25) is 0 Å². The molecule has 2 N–H and O–H groups in total. The molecule has 1 rings (SSSR count). The Morgan fingerprint density at radius 2 is 1.81 bits per heavy atom. The molecule has 1 aromatic rings. The molecule has 0 fully saturated rings. The Morgan fingerprint density at radius 1 is 1.31 bits per heavy atom. The van der Waals surface area contributed by atoms with Gasteiger partial charge >= 0.3 is 0 Å². The zero-order valence-corrected chi connectivity index (χ0v) is 10.2. The molecule has 0 aromatic heterocycles. The highest BCUT2D eigenvalue weighted by Gasteiger charge is 2.26. The maximum atomic E-state index is 12.7. The molecule has 5 heteroatoms. The van der Waals surface area contributed by atoms with Crippen molar-refractivity contribution in [3.63, 3.8) is 0 Å². The van der Waals surface area contributed by atoms with E-state index in [9.17, 15) is 12.8 Å². The van der Waals surface area contributed by atoms with Crippen LogP contribution in [0.1, 0.15) is 24.9 Å². The van der Waals surface area contributed by atoms with Crippen molar-refractivity contribution in [2.75, 3.05) is 6.26 Å². The summed E-state index contributed by atoms with van der Waals surface area (Å²) in [5, 5.41) is -0.627. The van der Waals surface area contributed by atoms with Crippen LogP contribution in [-0.4, -0.2) is 19.9 Å². The highest BCUT2D eigenvalue weighted by Crippen LogP contribution is 2.22. The molecule has 16 heavy (non-hydrogen) atoms. The van der Waals surface area contributed by atoms with Gasteiger partial charge in [-0.1, -0.05) is 19.1 Å². The van der Waals surface area contributed by atoms with E-state index in [4.69, 9.17) is 5.73 Å². The smallest absolute Gasteiger partial charge is 0.152 e. The summed E-state index contributed by atoms with van der Waals surface area (Å²) in [7, 11) is -3.19. The fourth-order valence-corrected chi connectivity index (χ4v) is 3.02. The Morgan fingerprint density at radius 3 is 2.19 bits per heavy atom. The van der Waals surface area contributed by atoms with E-state index < -0.39 is 21.1 Å². The molecule has 2 atom stereocenters. The van der Waals surface area contributed by atoms with E-state index in [0.29, 0.717) is 12.0 Å². The van der Waals surface area contributed by atoms with Crippen LogP contribution in [0.5, 0.6) is 0 Å². The van der Waals surface area contributed by atoms with Crippen molar-refractivity contribution in [3.8, 4) is 0 Å². The lowest BCUT2D eigenvalue weighted by atomic mass is 10.0. The minimum atomic E-state index is -3.19. The third kappa shape index (κ3) is 3.02. The zero-order valence-electron chi connectivity index (χ0n) is 9.35. The van der Waals surface area contributed by atoms with Gasteiger partial charge in [0.15, 0.2) is 9.84 Å². The van der Waals surface area contributed by atoms with Crippen molar-refractivity contribution in [1.82, 2.24) is 0 Å². The molecule has 0 aliphatic rings. The molecular weight excluding hydrogens is 229 g/mol. The molecule has 0 spiro atoms. The van der Waals surface area contributed by atoms with E-state index in [-0.39, 0.29) is 5.82 Å². The van der Waals surface area contributed by atoms with Crippen LogP contribution in [0.2, 0.25) is 0 Å². The first-order chi connectivity index (χ1) is 7.36. The van der Waals surface area contributed by atoms with Gasteiger partial charge in [0.25, 0.3) is 0 Å². The molecule has 0 aliphatic carbocycles. The number of nitrogens with two attached hydrogens (primary N) is 1. The fourth-order valence-electron chi connectivity index (χ4n) is 1.72. The summed E-state index contributed by atoms with van der Waals surface area (Å²) >= 11 is 0. The average Bonchev–Trinajstić information content (AvgIpc) is 2.17. The van der Waals surface area contributed by atoms with E-state index in [1.807, 2.05) is 0 Å². The van der Waals surface area contributed by atoms with Gasteiger partial charge in [-0.25, -0.2) is 12.8 Å². The first-order valence-electron chi connectivity index (χ1n) is 5.06. The van der Waals surface area contributed by atoms with E-state index in [0.717, 1.165) is 0 Å². The molecule has 0 saturated heterocycles. The van der Waals surface area contributed by atoms with Crippen LogP contribution in [-0.2, 0) is 9.84 Å². The van der Waals surface area contributed by atoms with E-state index in [1.165, 1.54) is 30.5 Å². The van der Waals surface area contributed by atoms with E-state index >= 15 is 0 Å². The number of sulfone groups is 1. The second-order valence-corrected chi connectivity index (χ2v) is 6.12. The van der Waals surface area contributed by atoms with Gasteiger partial charge in [-0.15, -0.1) is 0 Å². The molecule has 90 valence electrons. The third-order valence-electron chi connectivity index (χ3n) is 2.61. The number of hydrogen-bond acceptors (Lipinski definition) is 3. The Labute approximate surface area is 95.4 Å². The van der Waals surface area contributed by atoms with Gasteiger partial charge in [0, 0.05) is 12.3 Å². The number of halogens is 1. The van der Waals surface area contributed by atoms with Crippen molar-refractivity contribution >= 4 is 9.84 Å². The Hall–Kier alpha value is -0.940. The molecular formula is C11H16FNO2S. The van der Waals surface area contributed by atoms with Gasteiger partial charge in [0.05, 0.1) is 5.25 Å². The van der Waals surface area contributed by atoms with E-state index in [2.05, 4.69) is 0 Å². The van der Waals surface area contributed by atoms with Crippen molar-refractivity contribution in [1.29, 1.82) is 0 Å². The van der Waals surface area contributed by atoms with Crippen molar-refractivity contribution < 1.29 is 12.8 Å². The standard InChI is InChI=1S/C11H16FNO2S/c1-3-10(16(2,14)15)11(13)8-4-6-9(12)7-5-8/h4-7,10-11H,3,13H2,1-2H3/t10-,11-/m0/s1. The van der Waals surface area contributed by atoms with Gasteiger partial charge in [-0.05, 0) is 24.1 Å². The van der Waals surface area contributed by atoms with Crippen LogP contribution in [0.4, 0.5) is 4.39 Å². The highest BCUT2D eigenvalue weighted by molar-refractivity contribution is 7.91. The lowest BCUT2D eigenvalue weighted by Crippen LogP contribution is -2.32. The van der Waals surface area contributed by atoms with Crippen LogP contribution in [0, 0.1) is 5.82 Å². The minimum absolute atomic E-state index is 0.358. The molecule has 0 heterocycles. The second kappa shape index (κ2) is 4.93. The zero-order chi connectivity index (χ0) is 12.3. The summed E-state index contributed by atoms with van der Waals surface area (Å²) in [5.74, 6) is -0.358. The summed E-state index contributed by atoms with van der Waals surface area (Å²) < 4.78 is 35.7. The van der Waals surface area contributed by atoms with Crippen LogP contribution in [0.25, 0.3) is 0 Å². The monoisotopic (exact) mass is 245 g/mol. The minimum Gasteiger partial charge on any atom is -0.323 e. The summed E-state index contributed by atoms with van der Waals surface area (Å²) in [6.07, 6.45) is 1.61. The van der Waals surface area contributed by atoms with Crippen LogP contribution >= 0.6 is 0 Å². The maximum Gasteiger partial charge on any atom is 0.152 e. The van der Waals surface area contributed by atoms with Crippen LogP contribution < -0.4 is 5.73 Å². The number of benzene rings is 1. The third-order valence-corrected chi connectivity index (χ3v) is 4.33. The molecule has 0 aliphatic heterocycles. The molecule has 3 nitrogen and oxygen atoms in total. The first kappa shape index (κ1) is 13.1. The molecule has 0 bridgehead atoms. The lowest BCUT2D eigenvalue weighted by Gasteiger charge is -2.21. The second-order valence-electron chi connectivity index (χ2n) is 3.85. The first-order valence-corrected chi connectivity index (χ1v) is 7.01. The van der Waals surface area contributed by atoms with Gasteiger partial charge in [-0.2, -0.15) is 0 Å². The number of rotatable bonds is 4. The normalized spacial score (nSPS) is 15.8. The molecule has 0 saturated carbocycles. The molecule has 1 aromatic carbocycles. The summed E-state index contributed by atoms with van der Waals surface area (Å²) in [6.45, 7) is 1.77. The summed E-state index contributed by atoms with van der Waals surface area (Å²) in [4.78, 5) is 0. The summed E-state index contributed by atoms with van der Waals surface area (Å²) in [5.41, 5.74) is 6.52. The van der Waals surface area contributed by atoms with Gasteiger partial charge < -0.3 is 5.73 Å². The Kier molecular flexibility index (Phi) is 4.04. The number of hydrogen-bond donors (Lipinski definition) is 1. The predicted molar refractivity (Wildman–Crippen MR) is 62.3 cm³/mol. The van der Waals surface area contributed by atoms with Crippen molar-refractivity contribution in [2.24, 2.45) is 5.73 Å². The van der Waals surface area contributed by atoms with Gasteiger partial charge in [0.1, 0.15) is 5.82 Å². The maximum absolute atomic E-state index is 12.7. The SMILES string of the molecule is CC[C@@H]([C@@H](N)c1ccc(F)cc1)S(C)(=O)=O. The molecule has 0 radical (unpaired) electrons. The largest absolute Gasteiger partial charge is 0.323 e. The summed E-state index contributed by atoms with van der Waals surface area (Å²) in [6, 6.07) is 5.00. The lowest BCUT2D eigenvalue weighted by molar-refractivity contribution is 0.552. The quantitative estimate of drug-likeness (QED) is 0.877. The van der Waals surface area contributed by atoms with Gasteiger partial charge in [0.2, 0.25) is 0 Å². The Bertz CT molecular complexity index is 442. The van der Waals surface area contributed by atoms with E-state index in [1.54, 1.807) is 6.92 Å². The average molecular weight is 245 g/mol.